The number of fused-ring (bicyclic) bond motifs is 1. The first-order valence-electron chi connectivity index (χ1n) is 4.21. The molecule has 0 aliphatic rings. The Morgan fingerprint density at radius 3 is 3.07 bits per heavy atom. The van der Waals surface area contributed by atoms with Crippen LogP contribution in [0.5, 0.6) is 0 Å². The summed E-state index contributed by atoms with van der Waals surface area (Å²) in [4.78, 5) is 19.1. The van der Waals surface area contributed by atoms with Gasteiger partial charge in [-0.25, -0.2) is 9.78 Å². The van der Waals surface area contributed by atoms with Crippen LogP contribution >= 0.6 is 11.6 Å². The molecule has 0 spiro atoms. The second-order valence-corrected chi connectivity index (χ2v) is 3.24. The fourth-order valence-electron chi connectivity index (χ4n) is 1.26. The second kappa shape index (κ2) is 3.82. The maximum atomic E-state index is 11.2. The van der Waals surface area contributed by atoms with Gasteiger partial charge in [-0.15, -0.1) is 0 Å². The minimum absolute atomic E-state index is 0.183. The molecule has 2 aromatic heterocycles. The summed E-state index contributed by atoms with van der Waals surface area (Å²) in [5, 5.41) is 1.80. The zero-order chi connectivity index (χ0) is 10.8. The van der Waals surface area contributed by atoms with Crippen molar-refractivity contribution in [3.8, 4) is 0 Å². The lowest BCUT2D eigenvalue weighted by Crippen LogP contribution is -2.04. The third-order valence-electron chi connectivity index (χ3n) is 1.98. The van der Waals surface area contributed by atoms with E-state index in [1.54, 1.807) is 24.5 Å². The first-order valence-corrected chi connectivity index (χ1v) is 4.59. The van der Waals surface area contributed by atoms with Crippen LogP contribution in [0.15, 0.2) is 24.5 Å². The Kier molecular flexibility index (Phi) is 2.51. The Hall–Kier alpha value is -1.68. The van der Waals surface area contributed by atoms with Crippen molar-refractivity contribution in [2.45, 2.75) is 0 Å². The number of pyridine rings is 2. The van der Waals surface area contributed by atoms with E-state index in [-0.39, 0.29) is 10.8 Å². The molecule has 0 fully saturated rings. The summed E-state index contributed by atoms with van der Waals surface area (Å²) in [5.41, 5.74) is 0.183. The number of aromatic nitrogens is 2. The zero-order valence-electron chi connectivity index (χ0n) is 7.90. The molecule has 0 aliphatic carbocycles. The van der Waals surface area contributed by atoms with Gasteiger partial charge < -0.3 is 4.74 Å². The summed E-state index contributed by atoms with van der Waals surface area (Å²) >= 11 is 5.92. The molecular weight excluding hydrogens is 216 g/mol. The molecule has 0 aromatic carbocycles. The Bertz CT molecular complexity index is 528. The van der Waals surface area contributed by atoms with E-state index in [0.717, 1.165) is 10.8 Å². The predicted molar refractivity (Wildman–Crippen MR) is 55.9 cm³/mol. The number of carbonyl (C=O) groups excluding carboxylic acids is 1. The van der Waals surface area contributed by atoms with Crippen molar-refractivity contribution in [3.05, 3.63) is 35.4 Å². The SMILES string of the molecule is COC(=O)c1cc2cnccc2c(Cl)n1. The van der Waals surface area contributed by atoms with Crippen molar-refractivity contribution in [3.63, 3.8) is 0 Å². The average molecular weight is 223 g/mol. The van der Waals surface area contributed by atoms with Crippen LogP contribution in [0.25, 0.3) is 10.8 Å². The fourth-order valence-corrected chi connectivity index (χ4v) is 1.53. The van der Waals surface area contributed by atoms with E-state index in [2.05, 4.69) is 14.7 Å². The quantitative estimate of drug-likeness (QED) is 0.548. The van der Waals surface area contributed by atoms with Crippen LogP contribution in [-0.4, -0.2) is 23.0 Å². The average Bonchev–Trinajstić information content (AvgIpc) is 2.28. The van der Waals surface area contributed by atoms with Crippen LogP contribution < -0.4 is 0 Å². The number of hydrogen-bond acceptors (Lipinski definition) is 4. The molecule has 0 N–H and O–H groups in total. The van der Waals surface area contributed by atoms with Gasteiger partial charge in [0.1, 0.15) is 5.15 Å². The summed E-state index contributed by atoms with van der Waals surface area (Å²) < 4.78 is 4.56. The van der Waals surface area contributed by atoms with E-state index in [1.165, 1.54) is 7.11 Å². The summed E-state index contributed by atoms with van der Waals surface area (Å²) in [6, 6.07) is 3.34. The summed E-state index contributed by atoms with van der Waals surface area (Å²) in [7, 11) is 1.30. The molecule has 0 unspecified atom stereocenters. The van der Waals surface area contributed by atoms with Crippen LogP contribution in [0.1, 0.15) is 10.5 Å². The van der Waals surface area contributed by atoms with E-state index < -0.39 is 5.97 Å². The van der Waals surface area contributed by atoms with Gasteiger partial charge in [-0.2, -0.15) is 0 Å². The standard InChI is InChI=1S/C10H7ClN2O2/c1-15-10(14)8-4-6-5-12-3-2-7(6)9(11)13-8/h2-5H,1H3. The Labute approximate surface area is 90.9 Å². The molecule has 4 nitrogen and oxygen atoms in total. The van der Waals surface area contributed by atoms with Gasteiger partial charge in [0.2, 0.25) is 0 Å². The molecule has 15 heavy (non-hydrogen) atoms. The number of halogens is 1. The molecule has 2 rings (SSSR count). The third kappa shape index (κ3) is 1.76. The number of nitrogens with zero attached hydrogens (tertiary/aromatic N) is 2. The summed E-state index contributed by atoms with van der Waals surface area (Å²) in [6.45, 7) is 0. The van der Waals surface area contributed by atoms with E-state index in [9.17, 15) is 4.79 Å². The minimum atomic E-state index is -0.511. The van der Waals surface area contributed by atoms with Gasteiger partial charge in [-0.3, -0.25) is 4.98 Å². The molecule has 0 aliphatic heterocycles. The van der Waals surface area contributed by atoms with Crippen molar-refractivity contribution in [1.29, 1.82) is 0 Å². The molecule has 76 valence electrons. The monoisotopic (exact) mass is 222 g/mol. The number of hydrogen-bond donors (Lipinski definition) is 0. The van der Waals surface area contributed by atoms with Crippen molar-refractivity contribution in [2.24, 2.45) is 0 Å². The first-order chi connectivity index (χ1) is 7.22. The molecule has 0 bridgehead atoms. The van der Waals surface area contributed by atoms with E-state index in [4.69, 9.17) is 11.6 Å². The Morgan fingerprint density at radius 2 is 2.33 bits per heavy atom. The van der Waals surface area contributed by atoms with Gasteiger partial charge in [-0.1, -0.05) is 11.6 Å². The lowest BCUT2D eigenvalue weighted by Gasteiger charge is -2.02. The van der Waals surface area contributed by atoms with Crippen LogP contribution in [0.4, 0.5) is 0 Å². The smallest absolute Gasteiger partial charge is 0.356 e. The molecule has 0 saturated carbocycles. The highest BCUT2D eigenvalue weighted by atomic mass is 35.5. The van der Waals surface area contributed by atoms with Crippen LogP contribution in [0.2, 0.25) is 5.15 Å². The zero-order valence-corrected chi connectivity index (χ0v) is 8.65. The fraction of sp³-hybridized carbons (Fsp3) is 0.100. The lowest BCUT2D eigenvalue weighted by molar-refractivity contribution is 0.0594. The highest BCUT2D eigenvalue weighted by Gasteiger charge is 2.10. The Balaban J connectivity index is 2.67. The van der Waals surface area contributed by atoms with Crippen molar-refractivity contribution >= 4 is 28.3 Å². The van der Waals surface area contributed by atoms with E-state index >= 15 is 0 Å². The maximum Gasteiger partial charge on any atom is 0.356 e. The van der Waals surface area contributed by atoms with Gasteiger partial charge in [-0.05, 0) is 12.1 Å². The number of esters is 1. The molecule has 0 saturated heterocycles. The number of carbonyl (C=O) groups is 1. The Morgan fingerprint density at radius 1 is 1.53 bits per heavy atom. The highest BCUT2D eigenvalue weighted by Crippen LogP contribution is 2.21. The van der Waals surface area contributed by atoms with Gasteiger partial charge in [0.25, 0.3) is 0 Å². The molecule has 2 aromatic rings. The normalized spacial score (nSPS) is 10.3. The molecule has 2 heterocycles. The number of ether oxygens (including phenoxy) is 1. The predicted octanol–water partition coefficient (Wildman–Crippen LogP) is 2.07. The lowest BCUT2D eigenvalue weighted by atomic mass is 10.2. The van der Waals surface area contributed by atoms with Crippen LogP contribution in [-0.2, 0) is 4.74 Å². The summed E-state index contributed by atoms with van der Waals surface area (Å²) in [5.74, 6) is -0.511. The molecule has 0 radical (unpaired) electrons. The molecular formula is C10H7ClN2O2. The van der Waals surface area contributed by atoms with Gasteiger partial charge >= 0.3 is 5.97 Å². The minimum Gasteiger partial charge on any atom is -0.464 e. The van der Waals surface area contributed by atoms with E-state index in [0.29, 0.717) is 0 Å². The maximum absolute atomic E-state index is 11.2. The van der Waals surface area contributed by atoms with Crippen molar-refractivity contribution in [1.82, 2.24) is 9.97 Å². The molecule has 0 amide bonds. The van der Waals surface area contributed by atoms with Crippen LogP contribution in [0.3, 0.4) is 0 Å². The molecule has 0 atom stereocenters. The largest absolute Gasteiger partial charge is 0.464 e. The second-order valence-electron chi connectivity index (χ2n) is 2.89. The third-order valence-corrected chi connectivity index (χ3v) is 2.27. The molecule has 5 heteroatoms. The van der Waals surface area contributed by atoms with Gasteiger partial charge in [0.05, 0.1) is 7.11 Å². The number of methoxy groups -OCH3 is 1. The highest BCUT2D eigenvalue weighted by molar-refractivity contribution is 6.34. The van der Waals surface area contributed by atoms with Crippen molar-refractivity contribution < 1.29 is 9.53 Å². The van der Waals surface area contributed by atoms with Gasteiger partial charge in [0, 0.05) is 23.2 Å². The van der Waals surface area contributed by atoms with Crippen LogP contribution in [0, 0.1) is 0 Å². The number of rotatable bonds is 1. The topological polar surface area (TPSA) is 52.1 Å². The van der Waals surface area contributed by atoms with E-state index in [1.807, 2.05) is 0 Å². The van der Waals surface area contributed by atoms with Crippen molar-refractivity contribution in [2.75, 3.05) is 7.11 Å². The van der Waals surface area contributed by atoms with Gasteiger partial charge in [0.15, 0.2) is 5.69 Å². The first kappa shape index (κ1) is 9.86. The summed E-state index contributed by atoms with van der Waals surface area (Å²) in [6.07, 6.45) is 3.24.